The first kappa shape index (κ1) is 12.9. The molecule has 6 nitrogen and oxygen atoms in total. The molecule has 92 valence electrons. The van der Waals surface area contributed by atoms with Crippen LogP contribution in [0.2, 0.25) is 0 Å². The molecule has 0 aromatic heterocycles. The zero-order chi connectivity index (χ0) is 12.1. The van der Waals surface area contributed by atoms with Crippen LogP contribution < -0.4 is 5.73 Å². The van der Waals surface area contributed by atoms with Crippen LogP contribution in [0.25, 0.3) is 0 Å². The first-order valence-corrected chi connectivity index (χ1v) is 5.45. The van der Waals surface area contributed by atoms with Crippen LogP contribution in [-0.4, -0.2) is 65.5 Å². The number of nitrogens with two attached hydrogens (primary N) is 1. The molecule has 0 spiro atoms. The average molecular weight is 229 g/mol. The van der Waals surface area contributed by atoms with Crippen LogP contribution in [0.5, 0.6) is 0 Å². The fourth-order valence-corrected chi connectivity index (χ4v) is 1.76. The maximum atomic E-state index is 11.6. The number of aliphatic hydroxyl groups excluding tert-OH is 1. The molecule has 3 N–H and O–H groups in total. The molecule has 1 fully saturated rings. The van der Waals surface area contributed by atoms with Crippen molar-refractivity contribution in [3.05, 3.63) is 0 Å². The summed E-state index contributed by atoms with van der Waals surface area (Å²) in [6.07, 6.45) is -0.438. The normalized spacial score (nSPS) is 19.5. The van der Waals surface area contributed by atoms with Crippen molar-refractivity contribution >= 4 is 11.8 Å². The van der Waals surface area contributed by atoms with E-state index in [0.717, 1.165) is 0 Å². The molecule has 0 aromatic rings. The summed E-state index contributed by atoms with van der Waals surface area (Å²) in [5.41, 5.74) is 5.09. The number of primary amides is 1. The van der Waals surface area contributed by atoms with Crippen molar-refractivity contribution in [2.24, 2.45) is 5.73 Å². The van der Waals surface area contributed by atoms with Gasteiger partial charge in [0.15, 0.2) is 0 Å². The first-order chi connectivity index (χ1) is 7.49. The van der Waals surface area contributed by atoms with Gasteiger partial charge in [-0.25, -0.2) is 0 Å². The fourth-order valence-electron chi connectivity index (χ4n) is 1.76. The van der Waals surface area contributed by atoms with Gasteiger partial charge < -0.3 is 15.7 Å². The lowest BCUT2D eigenvalue weighted by Crippen LogP contribution is -2.51. The van der Waals surface area contributed by atoms with Crippen molar-refractivity contribution in [1.29, 1.82) is 0 Å². The number of carbonyl (C=O) groups excluding carboxylic acids is 2. The van der Waals surface area contributed by atoms with Gasteiger partial charge in [-0.3, -0.25) is 14.5 Å². The second-order valence-corrected chi connectivity index (χ2v) is 4.18. The largest absolute Gasteiger partial charge is 0.393 e. The minimum absolute atomic E-state index is 0.0336. The molecule has 0 bridgehead atoms. The molecule has 1 atom stereocenters. The second-order valence-electron chi connectivity index (χ2n) is 4.18. The van der Waals surface area contributed by atoms with Gasteiger partial charge in [0, 0.05) is 26.2 Å². The Kier molecular flexibility index (Phi) is 4.70. The quantitative estimate of drug-likeness (QED) is 0.607. The van der Waals surface area contributed by atoms with Gasteiger partial charge >= 0.3 is 0 Å². The molecular formula is C10H19N3O3. The Balaban J connectivity index is 2.31. The third kappa shape index (κ3) is 4.16. The molecule has 0 radical (unpaired) electrons. The molecular weight excluding hydrogens is 210 g/mol. The van der Waals surface area contributed by atoms with E-state index in [9.17, 15) is 9.59 Å². The SMILES string of the molecule is CC(O)CC(=O)N1CCN(CC(N)=O)CC1. The zero-order valence-corrected chi connectivity index (χ0v) is 9.56. The third-order valence-corrected chi connectivity index (χ3v) is 2.57. The van der Waals surface area contributed by atoms with Crippen molar-refractivity contribution in [2.45, 2.75) is 19.4 Å². The van der Waals surface area contributed by atoms with Crippen LogP contribution in [0.4, 0.5) is 0 Å². The van der Waals surface area contributed by atoms with Crippen molar-refractivity contribution in [3.8, 4) is 0 Å². The molecule has 0 saturated carbocycles. The Bertz CT molecular complexity index is 260. The Hall–Kier alpha value is -1.14. The molecule has 1 aliphatic heterocycles. The smallest absolute Gasteiger partial charge is 0.231 e. The van der Waals surface area contributed by atoms with Crippen molar-refractivity contribution in [2.75, 3.05) is 32.7 Å². The van der Waals surface area contributed by atoms with E-state index >= 15 is 0 Å². The highest BCUT2D eigenvalue weighted by molar-refractivity contribution is 5.77. The molecule has 1 aliphatic rings. The summed E-state index contributed by atoms with van der Waals surface area (Å²) in [7, 11) is 0. The summed E-state index contributed by atoms with van der Waals surface area (Å²) in [6.45, 7) is 4.36. The number of piperazine rings is 1. The van der Waals surface area contributed by atoms with E-state index in [2.05, 4.69) is 0 Å². The minimum Gasteiger partial charge on any atom is -0.393 e. The lowest BCUT2D eigenvalue weighted by Gasteiger charge is -2.34. The Morgan fingerprint density at radius 3 is 2.31 bits per heavy atom. The number of amides is 2. The number of aliphatic hydroxyl groups is 1. The van der Waals surface area contributed by atoms with E-state index in [0.29, 0.717) is 26.2 Å². The van der Waals surface area contributed by atoms with E-state index in [1.54, 1.807) is 11.8 Å². The summed E-state index contributed by atoms with van der Waals surface area (Å²) in [6, 6.07) is 0. The minimum atomic E-state index is -0.601. The number of carbonyl (C=O) groups is 2. The Morgan fingerprint density at radius 2 is 1.88 bits per heavy atom. The highest BCUT2D eigenvalue weighted by atomic mass is 16.3. The van der Waals surface area contributed by atoms with Gasteiger partial charge in [0.2, 0.25) is 11.8 Å². The molecule has 16 heavy (non-hydrogen) atoms. The van der Waals surface area contributed by atoms with Crippen LogP contribution in [0.3, 0.4) is 0 Å². The molecule has 0 aliphatic carbocycles. The molecule has 1 rings (SSSR count). The van der Waals surface area contributed by atoms with Crippen LogP contribution in [0.1, 0.15) is 13.3 Å². The first-order valence-electron chi connectivity index (χ1n) is 5.45. The van der Waals surface area contributed by atoms with Gasteiger partial charge in [0.1, 0.15) is 0 Å². The Labute approximate surface area is 95.0 Å². The predicted octanol–water partition coefficient (Wildman–Crippen LogP) is -1.61. The summed E-state index contributed by atoms with van der Waals surface area (Å²) >= 11 is 0. The lowest BCUT2D eigenvalue weighted by atomic mass is 10.2. The number of hydrogen-bond donors (Lipinski definition) is 2. The van der Waals surface area contributed by atoms with Crippen LogP contribution in [-0.2, 0) is 9.59 Å². The number of hydrogen-bond acceptors (Lipinski definition) is 4. The molecule has 1 unspecified atom stereocenters. The van der Waals surface area contributed by atoms with E-state index in [1.807, 2.05) is 4.90 Å². The van der Waals surface area contributed by atoms with Gasteiger partial charge in [0.25, 0.3) is 0 Å². The Morgan fingerprint density at radius 1 is 1.31 bits per heavy atom. The summed E-state index contributed by atoms with van der Waals surface area (Å²) < 4.78 is 0. The summed E-state index contributed by atoms with van der Waals surface area (Å²) in [5, 5.41) is 9.11. The van der Waals surface area contributed by atoms with E-state index < -0.39 is 6.10 Å². The number of nitrogens with zero attached hydrogens (tertiary/aromatic N) is 2. The van der Waals surface area contributed by atoms with Gasteiger partial charge in [-0.15, -0.1) is 0 Å². The third-order valence-electron chi connectivity index (χ3n) is 2.57. The van der Waals surface area contributed by atoms with Gasteiger partial charge in [-0.1, -0.05) is 0 Å². The van der Waals surface area contributed by atoms with Crippen molar-refractivity contribution in [1.82, 2.24) is 9.80 Å². The molecule has 1 heterocycles. The maximum Gasteiger partial charge on any atom is 0.231 e. The van der Waals surface area contributed by atoms with Gasteiger partial charge in [-0.05, 0) is 6.92 Å². The monoisotopic (exact) mass is 229 g/mol. The topological polar surface area (TPSA) is 86.9 Å². The maximum absolute atomic E-state index is 11.6. The van der Waals surface area contributed by atoms with Crippen molar-refractivity contribution < 1.29 is 14.7 Å². The second kappa shape index (κ2) is 5.81. The standard InChI is InChI=1S/C10H19N3O3/c1-8(14)6-10(16)13-4-2-12(3-5-13)7-9(11)15/h8,14H,2-7H2,1H3,(H2,11,15). The van der Waals surface area contributed by atoms with Gasteiger partial charge in [0.05, 0.1) is 19.1 Å². The number of rotatable bonds is 4. The fraction of sp³-hybridized carbons (Fsp3) is 0.800. The van der Waals surface area contributed by atoms with Crippen molar-refractivity contribution in [3.63, 3.8) is 0 Å². The van der Waals surface area contributed by atoms with Gasteiger partial charge in [-0.2, -0.15) is 0 Å². The van der Waals surface area contributed by atoms with E-state index in [-0.39, 0.29) is 24.8 Å². The summed E-state index contributed by atoms with van der Waals surface area (Å²) in [4.78, 5) is 25.9. The average Bonchev–Trinajstić information content (AvgIpc) is 2.16. The highest BCUT2D eigenvalue weighted by Gasteiger charge is 2.22. The molecule has 0 aromatic carbocycles. The zero-order valence-electron chi connectivity index (χ0n) is 9.56. The molecule has 6 heteroatoms. The molecule has 2 amide bonds. The van der Waals surface area contributed by atoms with Crippen LogP contribution in [0, 0.1) is 0 Å². The molecule has 1 saturated heterocycles. The van der Waals surface area contributed by atoms with Crippen LogP contribution in [0.15, 0.2) is 0 Å². The highest BCUT2D eigenvalue weighted by Crippen LogP contribution is 2.04. The summed E-state index contributed by atoms with van der Waals surface area (Å²) in [5.74, 6) is -0.377. The van der Waals surface area contributed by atoms with Crippen LogP contribution >= 0.6 is 0 Å². The lowest BCUT2D eigenvalue weighted by molar-refractivity contribution is -0.134. The van der Waals surface area contributed by atoms with E-state index in [1.165, 1.54) is 0 Å². The predicted molar refractivity (Wildman–Crippen MR) is 58.5 cm³/mol. The van der Waals surface area contributed by atoms with E-state index in [4.69, 9.17) is 10.8 Å².